The first kappa shape index (κ1) is 14.1. The van der Waals surface area contributed by atoms with Gasteiger partial charge < -0.3 is 5.11 Å². The Morgan fingerprint density at radius 2 is 1.83 bits per heavy atom. The van der Waals surface area contributed by atoms with Crippen LogP contribution in [-0.2, 0) is 15.8 Å². The van der Waals surface area contributed by atoms with Crippen LogP contribution in [0.2, 0.25) is 0 Å². The summed E-state index contributed by atoms with van der Waals surface area (Å²) in [6.45, 7) is 0.926. The van der Waals surface area contributed by atoms with Crippen LogP contribution in [0.25, 0.3) is 0 Å². The highest BCUT2D eigenvalue weighted by molar-refractivity contribution is 6.02. The first-order chi connectivity index (χ1) is 8.14. The number of hydrogen-bond acceptors (Lipinski definition) is 2. The van der Waals surface area contributed by atoms with Crippen molar-refractivity contribution in [3.8, 4) is 0 Å². The molecular weight excluding hydrogens is 256 g/mol. The Hall–Kier alpha value is -1.92. The molecule has 0 bridgehead atoms. The van der Waals surface area contributed by atoms with E-state index < -0.39 is 40.8 Å². The van der Waals surface area contributed by atoms with Gasteiger partial charge >= 0.3 is 12.1 Å². The molecule has 0 saturated heterocycles. The fourth-order valence-corrected chi connectivity index (χ4v) is 1.46. The number of carbonyl (C=O) groups excluding carboxylic acids is 1. The molecule has 18 heavy (non-hydrogen) atoms. The second-order valence-electron chi connectivity index (χ2n) is 3.62. The predicted octanol–water partition coefficient (Wildman–Crippen LogP) is 2.60. The minimum Gasteiger partial charge on any atom is -0.480 e. The Morgan fingerprint density at radius 3 is 2.17 bits per heavy atom. The van der Waals surface area contributed by atoms with Crippen LogP contribution >= 0.6 is 0 Å². The summed E-state index contributed by atoms with van der Waals surface area (Å²) >= 11 is 0. The van der Waals surface area contributed by atoms with E-state index >= 15 is 0 Å². The average molecular weight is 264 g/mol. The highest BCUT2D eigenvalue weighted by Gasteiger charge is 2.33. The van der Waals surface area contributed by atoms with Gasteiger partial charge in [-0.15, -0.1) is 0 Å². The van der Waals surface area contributed by atoms with Gasteiger partial charge in [0.25, 0.3) is 0 Å². The number of carboxylic acid groups (broad SMARTS) is 1. The molecule has 1 atom stereocenters. The number of carboxylic acids is 1. The zero-order valence-corrected chi connectivity index (χ0v) is 9.08. The highest BCUT2D eigenvalue weighted by Crippen LogP contribution is 2.32. The summed E-state index contributed by atoms with van der Waals surface area (Å²) in [6.07, 6.45) is -4.73. The average Bonchev–Trinajstić information content (AvgIpc) is 2.18. The van der Waals surface area contributed by atoms with Crippen molar-refractivity contribution < 1.29 is 32.3 Å². The molecule has 3 nitrogen and oxygen atoms in total. The van der Waals surface area contributed by atoms with Crippen molar-refractivity contribution in [1.29, 1.82) is 0 Å². The molecule has 0 aliphatic carbocycles. The van der Waals surface area contributed by atoms with Gasteiger partial charge in [-0.25, -0.2) is 4.39 Å². The lowest BCUT2D eigenvalue weighted by Gasteiger charge is -2.12. The van der Waals surface area contributed by atoms with E-state index in [1.54, 1.807) is 0 Å². The number of rotatable bonds is 3. The van der Waals surface area contributed by atoms with Crippen molar-refractivity contribution in [1.82, 2.24) is 0 Å². The molecule has 0 amide bonds. The molecule has 1 aromatic carbocycles. The molecule has 0 aliphatic heterocycles. The van der Waals surface area contributed by atoms with E-state index in [-0.39, 0.29) is 6.07 Å². The van der Waals surface area contributed by atoms with Crippen molar-refractivity contribution in [2.75, 3.05) is 0 Å². The van der Waals surface area contributed by atoms with E-state index in [1.165, 1.54) is 0 Å². The summed E-state index contributed by atoms with van der Waals surface area (Å²) < 4.78 is 50.2. The Kier molecular flexibility index (Phi) is 3.73. The third kappa shape index (κ3) is 2.85. The molecule has 0 saturated carbocycles. The Labute approximate surface area is 99.0 Å². The quantitative estimate of drug-likeness (QED) is 0.674. The number of hydrogen-bond donors (Lipinski definition) is 1. The number of carbonyl (C=O) groups is 2. The monoisotopic (exact) mass is 264 g/mol. The van der Waals surface area contributed by atoms with Crippen molar-refractivity contribution in [3.05, 3.63) is 35.1 Å². The van der Waals surface area contributed by atoms with Gasteiger partial charge in [0, 0.05) is 5.56 Å². The minimum absolute atomic E-state index is 0.175. The maximum absolute atomic E-state index is 13.4. The smallest absolute Gasteiger partial charge is 0.416 e. The van der Waals surface area contributed by atoms with Gasteiger partial charge in [-0.1, -0.05) is 6.07 Å². The summed E-state index contributed by atoms with van der Waals surface area (Å²) in [7, 11) is 0. The van der Waals surface area contributed by atoms with Gasteiger partial charge in [0.15, 0.2) is 0 Å². The van der Waals surface area contributed by atoms with E-state index in [1.807, 2.05) is 0 Å². The van der Waals surface area contributed by atoms with E-state index in [4.69, 9.17) is 5.11 Å². The molecule has 0 heterocycles. The zero-order chi connectivity index (χ0) is 14.1. The highest BCUT2D eigenvalue weighted by atomic mass is 19.4. The van der Waals surface area contributed by atoms with Crippen molar-refractivity contribution in [2.24, 2.45) is 0 Å². The molecule has 0 aromatic heterocycles. The molecule has 98 valence electrons. The second-order valence-corrected chi connectivity index (χ2v) is 3.62. The summed E-state index contributed by atoms with van der Waals surface area (Å²) in [5.74, 6) is -5.64. The van der Waals surface area contributed by atoms with Gasteiger partial charge in [0.2, 0.25) is 0 Å². The molecule has 1 N–H and O–H groups in total. The lowest BCUT2D eigenvalue weighted by molar-refractivity contribution is -0.142. The Bertz CT molecular complexity index is 480. The Morgan fingerprint density at radius 1 is 1.28 bits per heavy atom. The van der Waals surface area contributed by atoms with Crippen LogP contribution in [0.5, 0.6) is 0 Å². The number of benzene rings is 1. The zero-order valence-electron chi connectivity index (χ0n) is 9.08. The largest absolute Gasteiger partial charge is 0.480 e. The lowest BCUT2D eigenvalue weighted by Crippen LogP contribution is -2.21. The second kappa shape index (κ2) is 4.75. The van der Waals surface area contributed by atoms with Gasteiger partial charge in [-0.05, 0) is 19.1 Å². The van der Waals surface area contributed by atoms with E-state index in [0.29, 0.717) is 12.1 Å². The van der Waals surface area contributed by atoms with Crippen molar-refractivity contribution in [3.63, 3.8) is 0 Å². The molecule has 0 spiro atoms. The molecule has 0 fully saturated rings. The summed E-state index contributed by atoms with van der Waals surface area (Å²) in [4.78, 5) is 21.8. The molecule has 0 radical (unpaired) electrons. The van der Waals surface area contributed by atoms with Gasteiger partial charge in [-0.2, -0.15) is 13.2 Å². The van der Waals surface area contributed by atoms with Crippen molar-refractivity contribution >= 4 is 11.8 Å². The van der Waals surface area contributed by atoms with Gasteiger partial charge in [-0.3, -0.25) is 9.59 Å². The predicted molar refractivity (Wildman–Crippen MR) is 52.5 cm³/mol. The van der Waals surface area contributed by atoms with Crippen LogP contribution in [0, 0.1) is 5.82 Å². The third-order valence-electron chi connectivity index (χ3n) is 2.29. The standard InChI is InChI=1S/C11H8F4O3/c1-5(16)9(10(17)18)7-3-2-6(4-8(7)12)11(13,14)15/h2-4,9H,1H3,(H,17,18). The summed E-state index contributed by atoms with van der Waals surface area (Å²) in [6, 6.07) is 1.38. The molecular formula is C11H8F4O3. The van der Waals surface area contributed by atoms with E-state index in [9.17, 15) is 27.2 Å². The van der Waals surface area contributed by atoms with Crippen LogP contribution in [0.4, 0.5) is 17.6 Å². The lowest BCUT2D eigenvalue weighted by atomic mass is 9.94. The van der Waals surface area contributed by atoms with E-state index in [2.05, 4.69) is 0 Å². The maximum atomic E-state index is 13.4. The normalized spacial score (nSPS) is 13.2. The number of Topliss-reactive ketones (excluding diaryl/α,β-unsaturated/α-hetero) is 1. The van der Waals surface area contributed by atoms with Crippen LogP contribution in [0.3, 0.4) is 0 Å². The molecule has 1 aromatic rings. The van der Waals surface area contributed by atoms with Crippen molar-refractivity contribution in [2.45, 2.75) is 19.0 Å². The van der Waals surface area contributed by atoms with Crippen LogP contribution in [0.1, 0.15) is 24.0 Å². The van der Waals surface area contributed by atoms with Crippen LogP contribution in [-0.4, -0.2) is 16.9 Å². The Balaban J connectivity index is 3.28. The number of ketones is 1. The number of aliphatic carboxylic acids is 1. The SMILES string of the molecule is CC(=O)C(C(=O)O)c1ccc(C(F)(F)F)cc1F. The van der Waals surface area contributed by atoms with Crippen LogP contribution in [0.15, 0.2) is 18.2 Å². The molecule has 1 rings (SSSR count). The molecule has 1 unspecified atom stereocenters. The minimum atomic E-state index is -4.73. The summed E-state index contributed by atoms with van der Waals surface area (Å²) in [5, 5.41) is 8.74. The van der Waals surface area contributed by atoms with Crippen LogP contribution < -0.4 is 0 Å². The first-order valence-electron chi connectivity index (χ1n) is 4.74. The summed E-state index contributed by atoms with van der Waals surface area (Å²) in [5.41, 5.74) is -1.82. The van der Waals surface area contributed by atoms with Gasteiger partial charge in [0.1, 0.15) is 17.5 Å². The van der Waals surface area contributed by atoms with E-state index in [0.717, 1.165) is 6.92 Å². The topological polar surface area (TPSA) is 54.4 Å². The number of halogens is 4. The fraction of sp³-hybridized carbons (Fsp3) is 0.273. The third-order valence-corrected chi connectivity index (χ3v) is 2.29. The van der Waals surface area contributed by atoms with Gasteiger partial charge in [0.05, 0.1) is 5.56 Å². The number of alkyl halides is 3. The fourth-order valence-electron chi connectivity index (χ4n) is 1.46. The maximum Gasteiger partial charge on any atom is 0.416 e. The molecule has 7 heteroatoms. The first-order valence-corrected chi connectivity index (χ1v) is 4.74. The molecule has 0 aliphatic rings.